The lowest BCUT2D eigenvalue weighted by Crippen LogP contribution is -2.34. The number of esters is 1. The molecule has 0 spiro atoms. The molecule has 1 aliphatic heterocycles. The Kier molecular flexibility index (Phi) is 4.74. The molecule has 2 amide bonds. The lowest BCUT2D eigenvalue weighted by atomic mass is 9.85. The van der Waals surface area contributed by atoms with Gasteiger partial charge in [0.05, 0.1) is 23.1 Å². The number of anilines is 1. The first kappa shape index (κ1) is 19.7. The van der Waals surface area contributed by atoms with E-state index in [1.165, 1.54) is 6.07 Å². The summed E-state index contributed by atoms with van der Waals surface area (Å²) < 4.78 is 5.21. The van der Waals surface area contributed by atoms with Crippen molar-refractivity contribution >= 4 is 40.9 Å². The van der Waals surface area contributed by atoms with E-state index in [9.17, 15) is 19.2 Å². The summed E-state index contributed by atoms with van der Waals surface area (Å²) in [6.07, 6.45) is 4.86. The molecule has 3 aliphatic rings. The number of allylic oxidation sites excluding steroid dienone is 2. The molecular formula is C24H18ClNO5. The van der Waals surface area contributed by atoms with E-state index in [0.717, 1.165) is 11.3 Å². The van der Waals surface area contributed by atoms with Gasteiger partial charge >= 0.3 is 5.97 Å². The normalized spacial score (nSPS) is 25.8. The van der Waals surface area contributed by atoms with Gasteiger partial charge in [-0.1, -0.05) is 35.9 Å². The smallest absolute Gasteiger partial charge is 0.340 e. The first-order chi connectivity index (χ1) is 15.0. The molecule has 31 heavy (non-hydrogen) atoms. The van der Waals surface area contributed by atoms with Crippen molar-refractivity contribution in [3.05, 3.63) is 76.8 Å². The van der Waals surface area contributed by atoms with E-state index < -0.39 is 12.6 Å². The van der Waals surface area contributed by atoms with Gasteiger partial charge in [-0.05, 0) is 54.7 Å². The van der Waals surface area contributed by atoms with E-state index in [0.29, 0.717) is 10.6 Å². The number of benzene rings is 2. The number of nitrogens with zero attached hydrogens (tertiary/aromatic N) is 1. The highest BCUT2D eigenvalue weighted by molar-refractivity contribution is 6.30. The number of hydrogen-bond acceptors (Lipinski definition) is 5. The molecule has 2 aromatic rings. The molecule has 1 saturated carbocycles. The van der Waals surface area contributed by atoms with Gasteiger partial charge in [-0.3, -0.25) is 14.4 Å². The third kappa shape index (κ3) is 3.18. The van der Waals surface area contributed by atoms with E-state index in [1.54, 1.807) is 42.5 Å². The number of para-hydroxylation sites is 1. The van der Waals surface area contributed by atoms with Crippen molar-refractivity contribution in [2.24, 2.45) is 23.7 Å². The molecule has 156 valence electrons. The van der Waals surface area contributed by atoms with Gasteiger partial charge in [-0.25, -0.2) is 9.69 Å². The number of carbonyl (C=O) groups is 4. The number of amides is 2. The zero-order chi connectivity index (χ0) is 21.7. The van der Waals surface area contributed by atoms with Crippen LogP contribution in [0.3, 0.4) is 0 Å². The first-order valence-corrected chi connectivity index (χ1v) is 10.4. The Labute approximate surface area is 183 Å². The van der Waals surface area contributed by atoms with Gasteiger partial charge < -0.3 is 4.74 Å². The number of ether oxygens (including phenoxy) is 1. The van der Waals surface area contributed by atoms with Gasteiger partial charge in [0.1, 0.15) is 0 Å². The van der Waals surface area contributed by atoms with Crippen LogP contribution in [0.4, 0.5) is 5.69 Å². The van der Waals surface area contributed by atoms with Crippen LogP contribution in [0.5, 0.6) is 0 Å². The fraction of sp³-hybridized carbons (Fsp3) is 0.250. The fourth-order valence-corrected chi connectivity index (χ4v) is 5.03. The number of carbonyl (C=O) groups excluding carboxylic acids is 4. The molecule has 2 bridgehead atoms. The van der Waals surface area contributed by atoms with Crippen molar-refractivity contribution in [2.45, 2.75) is 6.42 Å². The Morgan fingerprint density at radius 1 is 0.935 bits per heavy atom. The Hall–Kier alpha value is -3.25. The summed E-state index contributed by atoms with van der Waals surface area (Å²) in [5.74, 6) is -2.27. The highest BCUT2D eigenvalue weighted by atomic mass is 35.5. The van der Waals surface area contributed by atoms with Crippen LogP contribution < -0.4 is 4.90 Å². The maximum absolute atomic E-state index is 13.1. The highest BCUT2D eigenvalue weighted by Gasteiger charge is 2.59. The highest BCUT2D eigenvalue weighted by Crippen LogP contribution is 2.53. The van der Waals surface area contributed by atoms with Crippen LogP contribution in [0.1, 0.15) is 27.1 Å². The second-order valence-corrected chi connectivity index (χ2v) is 8.47. The Morgan fingerprint density at radius 3 is 2.19 bits per heavy atom. The molecule has 0 unspecified atom stereocenters. The predicted molar refractivity (Wildman–Crippen MR) is 113 cm³/mol. The molecule has 2 aliphatic carbocycles. The lowest BCUT2D eigenvalue weighted by Gasteiger charge is -2.19. The lowest BCUT2D eigenvalue weighted by molar-refractivity contribution is -0.123. The monoisotopic (exact) mass is 435 g/mol. The summed E-state index contributed by atoms with van der Waals surface area (Å²) in [7, 11) is 0. The summed E-state index contributed by atoms with van der Waals surface area (Å²) in [6, 6.07) is 12.6. The Morgan fingerprint density at radius 2 is 1.55 bits per heavy atom. The van der Waals surface area contributed by atoms with E-state index in [2.05, 4.69) is 0 Å². The first-order valence-electron chi connectivity index (χ1n) is 10.1. The van der Waals surface area contributed by atoms with Crippen molar-refractivity contribution in [1.29, 1.82) is 0 Å². The minimum absolute atomic E-state index is 0.0764. The molecule has 0 radical (unpaired) electrons. The summed E-state index contributed by atoms with van der Waals surface area (Å²) in [5.41, 5.74) is 0.648. The van der Waals surface area contributed by atoms with Crippen LogP contribution in [0.2, 0.25) is 5.02 Å². The Bertz CT molecular complexity index is 1110. The van der Waals surface area contributed by atoms with Gasteiger partial charge in [0.15, 0.2) is 12.4 Å². The molecule has 5 rings (SSSR count). The van der Waals surface area contributed by atoms with Gasteiger partial charge in [0.25, 0.3) is 0 Å². The minimum atomic E-state index is -0.767. The second-order valence-electron chi connectivity index (χ2n) is 8.04. The zero-order valence-electron chi connectivity index (χ0n) is 16.4. The number of halogens is 1. The summed E-state index contributed by atoms with van der Waals surface area (Å²) >= 11 is 5.82. The molecule has 2 fully saturated rings. The zero-order valence-corrected chi connectivity index (χ0v) is 17.1. The summed E-state index contributed by atoms with van der Waals surface area (Å²) in [4.78, 5) is 52.4. The van der Waals surface area contributed by atoms with Crippen LogP contribution in [0.15, 0.2) is 60.7 Å². The van der Waals surface area contributed by atoms with E-state index in [4.69, 9.17) is 16.3 Å². The number of hydrogen-bond donors (Lipinski definition) is 0. The maximum Gasteiger partial charge on any atom is 0.340 e. The van der Waals surface area contributed by atoms with Gasteiger partial charge in [0, 0.05) is 10.6 Å². The van der Waals surface area contributed by atoms with Gasteiger partial charge in [0.2, 0.25) is 11.8 Å². The SMILES string of the molecule is O=C(COC(=O)c1ccccc1N1C(=O)[C@H]2[C@H](C1=O)[C@H]1C=C[C@H]2C1)c1ccc(Cl)cc1. The van der Waals surface area contributed by atoms with Crippen molar-refractivity contribution < 1.29 is 23.9 Å². The van der Waals surface area contributed by atoms with Gasteiger partial charge in [-0.15, -0.1) is 0 Å². The average molecular weight is 436 g/mol. The molecule has 0 N–H and O–H groups in total. The van der Waals surface area contributed by atoms with Crippen molar-refractivity contribution in [3.63, 3.8) is 0 Å². The number of ketones is 1. The van der Waals surface area contributed by atoms with E-state index >= 15 is 0 Å². The quantitative estimate of drug-likeness (QED) is 0.309. The number of imide groups is 1. The third-order valence-electron chi connectivity index (χ3n) is 6.34. The molecule has 4 atom stereocenters. The fourth-order valence-electron chi connectivity index (χ4n) is 4.91. The third-order valence-corrected chi connectivity index (χ3v) is 6.59. The molecule has 6 nitrogen and oxygen atoms in total. The van der Waals surface area contributed by atoms with Crippen molar-refractivity contribution in [2.75, 3.05) is 11.5 Å². The van der Waals surface area contributed by atoms with Crippen molar-refractivity contribution in [1.82, 2.24) is 0 Å². The van der Waals surface area contributed by atoms with Crippen LogP contribution in [0.25, 0.3) is 0 Å². The van der Waals surface area contributed by atoms with Crippen LogP contribution >= 0.6 is 11.6 Å². The second kappa shape index (κ2) is 7.46. The molecule has 2 aromatic carbocycles. The van der Waals surface area contributed by atoms with Crippen molar-refractivity contribution in [3.8, 4) is 0 Å². The maximum atomic E-state index is 13.1. The van der Waals surface area contributed by atoms with E-state index in [-0.39, 0.29) is 52.5 Å². The summed E-state index contributed by atoms with van der Waals surface area (Å²) in [5, 5.41) is 0.496. The minimum Gasteiger partial charge on any atom is -0.454 e. The topological polar surface area (TPSA) is 80.8 Å². The van der Waals surface area contributed by atoms with Crippen LogP contribution in [0, 0.1) is 23.7 Å². The molecule has 0 aromatic heterocycles. The largest absolute Gasteiger partial charge is 0.454 e. The number of fused-ring (bicyclic) bond motifs is 5. The molecule has 1 heterocycles. The molecule has 1 saturated heterocycles. The van der Waals surface area contributed by atoms with Crippen LogP contribution in [-0.4, -0.2) is 30.2 Å². The number of rotatable bonds is 5. The molecular weight excluding hydrogens is 418 g/mol. The van der Waals surface area contributed by atoms with Gasteiger partial charge in [-0.2, -0.15) is 0 Å². The Balaban J connectivity index is 1.35. The summed E-state index contributed by atoms with van der Waals surface area (Å²) in [6.45, 7) is -0.462. The molecule has 7 heteroatoms. The standard InChI is InChI=1S/C24H18ClNO5/c25-16-9-7-13(8-10-16)19(27)12-31-24(30)17-3-1-2-4-18(17)26-22(28)20-14-5-6-15(11-14)21(20)23(26)29/h1-10,14-15,20-21H,11-12H2/t14-,15-,20+,21+/m0/s1. The predicted octanol–water partition coefficient (Wildman–Crippen LogP) is 3.69. The van der Waals surface area contributed by atoms with E-state index in [1.807, 2.05) is 12.2 Å². The van der Waals surface area contributed by atoms with Crippen LogP contribution in [-0.2, 0) is 14.3 Å². The number of Topliss-reactive ketones (excluding diaryl/α,β-unsaturated/α-hetero) is 1. The average Bonchev–Trinajstić information content (AvgIpc) is 3.46.